The molecule has 1 atom stereocenters. The molecule has 3 rings (SSSR count). The minimum absolute atomic E-state index is 0.00917. The molecule has 0 fully saturated rings. The van der Waals surface area contributed by atoms with Gasteiger partial charge in [0.05, 0.1) is 18.2 Å². The molecule has 0 aliphatic rings. The van der Waals surface area contributed by atoms with Crippen molar-refractivity contribution >= 4 is 40.7 Å². The van der Waals surface area contributed by atoms with Gasteiger partial charge in [-0.25, -0.2) is 14.2 Å². The van der Waals surface area contributed by atoms with E-state index < -0.39 is 23.2 Å². The van der Waals surface area contributed by atoms with Crippen LogP contribution in [-0.4, -0.2) is 25.9 Å². The first-order valence-electron chi connectivity index (χ1n) is 11.1. The largest absolute Gasteiger partial charge is 0.409 e. The maximum atomic E-state index is 13.4. The Labute approximate surface area is 215 Å². The number of nitrogens with one attached hydrogen (secondary N) is 2. The third kappa shape index (κ3) is 6.65. The highest BCUT2D eigenvalue weighted by Crippen LogP contribution is 2.29. The van der Waals surface area contributed by atoms with E-state index in [-0.39, 0.29) is 37.1 Å². The highest BCUT2D eigenvalue weighted by molar-refractivity contribution is 6.30. The van der Waals surface area contributed by atoms with Crippen LogP contribution in [-0.2, 0) is 22.7 Å². The van der Waals surface area contributed by atoms with Crippen LogP contribution in [0, 0.1) is 10.8 Å². The molecule has 0 aliphatic heterocycles. The average Bonchev–Trinajstić information content (AvgIpc) is 2.89. The summed E-state index contributed by atoms with van der Waals surface area (Å²) in [5.74, 6) is 3.11. The molecule has 1 aromatic heterocycles. The van der Waals surface area contributed by atoms with Crippen molar-refractivity contribution in [3.05, 3.63) is 78.9 Å². The summed E-state index contributed by atoms with van der Waals surface area (Å²) in [6, 6.07) is 11.2. The number of nitrogens with two attached hydrogens (primary N) is 1. The van der Waals surface area contributed by atoms with E-state index in [1.165, 1.54) is 23.6 Å². The fraction of sp³-hybridized carbons (Fsp3) is 0.261. The average molecular weight is 530 g/mol. The number of aromatic nitrogens is 3. The lowest BCUT2D eigenvalue weighted by Gasteiger charge is -2.17. The first-order chi connectivity index (χ1) is 17.7. The molecule has 0 unspecified atom stereocenters. The molecule has 0 saturated carbocycles. The topological polar surface area (TPSA) is 180 Å². The lowest BCUT2D eigenvalue weighted by atomic mass is 10.2. The summed E-state index contributed by atoms with van der Waals surface area (Å²) in [6.07, 6.45) is 0.244. The number of rotatable bonds is 10. The fourth-order valence-electron chi connectivity index (χ4n) is 3.31. The standard InChI is InChI=1S/C23H24ClN7O6/c1-3-19(32)27-17-9-8-16(10-18(17)37-25)26-21-28-22(34)31(11-13(2)20(33)29-36)23(35)30(21)12-14-4-6-15(24)7-5-14/h4-10,13H,3,11-12,25H2,1-2H3,(H,27,32)(H,26,28,34)/t13-/m0/s1. The summed E-state index contributed by atoms with van der Waals surface area (Å²) in [7, 11) is 0. The second kappa shape index (κ2) is 12.1. The monoisotopic (exact) mass is 529 g/mol. The van der Waals surface area contributed by atoms with Gasteiger partial charge >= 0.3 is 11.4 Å². The van der Waals surface area contributed by atoms with Gasteiger partial charge in [0.25, 0.3) is 5.91 Å². The minimum Gasteiger partial charge on any atom is -0.409 e. The van der Waals surface area contributed by atoms with Crippen molar-refractivity contribution < 1.29 is 14.4 Å². The fourth-order valence-corrected chi connectivity index (χ4v) is 3.43. The first kappa shape index (κ1) is 27.2. The number of halogens is 1. The number of nitrogens with zero attached hydrogens (tertiary/aromatic N) is 4. The summed E-state index contributed by atoms with van der Waals surface area (Å²) < 4.78 is 1.94. The Morgan fingerprint density at radius 1 is 1.16 bits per heavy atom. The Balaban J connectivity index is 2.06. The molecule has 194 valence electrons. The quantitative estimate of drug-likeness (QED) is 0.262. The van der Waals surface area contributed by atoms with Gasteiger partial charge in [-0.2, -0.15) is 10.9 Å². The number of hydrogen-bond acceptors (Lipinski definition) is 9. The van der Waals surface area contributed by atoms with Crippen molar-refractivity contribution in [2.24, 2.45) is 17.0 Å². The normalized spacial score (nSPS) is 11.5. The van der Waals surface area contributed by atoms with Gasteiger partial charge in [0.15, 0.2) is 5.75 Å². The van der Waals surface area contributed by atoms with E-state index in [1.807, 2.05) is 0 Å². The van der Waals surface area contributed by atoms with E-state index in [1.54, 1.807) is 37.3 Å². The van der Waals surface area contributed by atoms with Gasteiger partial charge < -0.3 is 15.5 Å². The van der Waals surface area contributed by atoms with Gasteiger partial charge in [-0.05, 0) is 29.8 Å². The molecule has 4 N–H and O–H groups in total. The van der Waals surface area contributed by atoms with Gasteiger partial charge in [0, 0.05) is 34.9 Å². The van der Waals surface area contributed by atoms with Gasteiger partial charge in [-0.1, -0.05) is 37.6 Å². The van der Waals surface area contributed by atoms with Crippen LogP contribution in [0.3, 0.4) is 0 Å². The number of hydrogen-bond donors (Lipinski definition) is 3. The van der Waals surface area contributed by atoms with Crippen LogP contribution in [0.1, 0.15) is 25.8 Å². The summed E-state index contributed by atoms with van der Waals surface area (Å²) in [5.41, 5.74) is -0.372. The number of amides is 2. The van der Waals surface area contributed by atoms with E-state index in [0.29, 0.717) is 22.0 Å². The zero-order valence-electron chi connectivity index (χ0n) is 19.9. The van der Waals surface area contributed by atoms with Crippen molar-refractivity contribution in [2.45, 2.75) is 33.4 Å². The summed E-state index contributed by atoms with van der Waals surface area (Å²) in [5, 5.41) is 8.39. The molecule has 0 aliphatic carbocycles. The molecular weight excluding hydrogens is 506 g/mol. The Morgan fingerprint density at radius 2 is 1.86 bits per heavy atom. The lowest BCUT2D eigenvalue weighted by molar-refractivity contribution is -0.121. The molecule has 1 heterocycles. The van der Waals surface area contributed by atoms with Crippen LogP contribution in [0.2, 0.25) is 5.02 Å². The predicted octanol–water partition coefficient (Wildman–Crippen LogP) is 2.38. The van der Waals surface area contributed by atoms with Crippen LogP contribution in [0.5, 0.6) is 5.75 Å². The predicted molar refractivity (Wildman–Crippen MR) is 137 cm³/mol. The van der Waals surface area contributed by atoms with Gasteiger partial charge in [-0.15, -0.1) is 4.91 Å². The van der Waals surface area contributed by atoms with Crippen molar-refractivity contribution in [1.29, 1.82) is 0 Å². The third-order valence-electron chi connectivity index (χ3n) is 5.33. The number of benzene rings is 2. The maximum absolute atomic E-state index is 13.4. The number of nitroso groups, excluding NO2 is 1. The Kier molecular flexibility index (Phi) is 8.87. The Morgan fingerprint density at radius 3 is 2.49 bits per heavy atom. The van der Waals surface area contributed by atoms with Crippen LogP contribution >= 0.6 is 11.6 Å². The van der Waals surface area contributed by atoms with E-state index in [2.05, 4.69) is 20.8 Å². The smallest absolute Gasteiger partial charge is 0.354 e. The zero-order valence-corrected chi connectivity index (χ0v) is 20.7. The number of carbonyl (C=O) groups is 2. The molecule has 0 spiro atoms. The number of anilines is 3. The summed E-state index contributed by atoms with van der Waals surface area (Å²) in [6.45, 7) is 2.67. The van der Waals surface area contributed by atoms with Gasteiger partial charge in [0.2, 0.25) is 11.9 Å². The molecule has 0 bridgehead atoms. The van der Waals surface area contributed by atoms with Crippen molar-refractivity contribution in [3.8, 4) is 5.75 Å². The van der Waals surface area contributed by atoms with Crippen molar-refractivity contribution in [2.75, 3.05) is 10.6 Å². The second-order valence-corrected chi connectivity index (χ2v) is 8.45. The Hall–Kier alpha value is -4.36. The minimum atomic E-state index is -1.01. The summed E-state index contributed by atoms with van der Waals surface area (Å²) in [4.78, 5) is 68.9. The van der Waals surface area contributed by atoms with Crippen LogP contribution in [0.4, 0.5) is 17.3 Å². The molecular formula is C23H24ClN7O6. The molecule has 0 radical (unpaired) electrons. The van der Waals surface area contributed by atoms with E-state index in [4.69, 9.17) is 22.3 Å². The lowest BCUT2D eigenvalue weighted by Crippen LogP contribution is -2.44. The molecule has 3 aromatic rings. The van der Waals surface area contributed by atoms with Crippen LogP contribution in [0.25, 0.3) is 0 Å². The van der Waals surface area contributed by atoms with Gasteiger partial charge in [0.1, 0.15) is 0 Å². The first-order valence-corrected chi connectivity index (χ1v) is 11.5. The zero-order chi connectivity index (χ0) is 27.1. The van der Waals surface area contributed by atoms with E-state index in [0.717, 1.165) is 4.57 Å². The Bertz CT molecular complexity index is 1430. The van der Waals surface area contributed by atoms with Crippen LogP contribution < -0.4 is 32.7 Å². The summed E-state index contributed by atoms with van der Waals surface area (Å²) >= 11 is 5.96. The molecule has 13 nitrogen and oxygen atoms in total. The highest BCUT2D eigenvalue weighted by Gasteiger charge is 2.20. The van der Waals surface area contributed by atoms with E-state index in [9.17, 15) is 24.1 Å². The highest BCUT2D eigenvalue weighted by atomic mass is 35.5. The molecule has 2 amide bonds. The third-order valence-corrected chi connectivity index (χ3v) is 5.58. The van der Waals surface area contributed by atoms with Gasteiger partial charge in [-0.3, -0.25) is 14.2 Å². The number of carbonyl (C=O) groups excluding carboxylic acids is 2. The molecule has 2 aromatic carbocycles. The van der Waals surface area contributed by atoms with Crippen molar-refractivity contribution in [1.82, 2.24) is 14.1 Å². The maximum Gasteiger partial charge on any atom is 0.354 e. The van der Waals surface area contributed by atoms with Crippen LogP contribution in [0.15, 0.2) is 57.2 Å². The SMILES string of the molecule is CCC(=O)Nc1ccc(Nc2nc(=O)n(C[C@H](C)C(=O)N=O)c(=O)n2Cc2ccc(Cl)cc2)cc1ON. The van der Waals surface area contributed by atoms with E-state index >= 15 is 0 Å². The second-order valence-electron chi connectivity index (χ2n) is 8.01. The van der Waals surface area contributed by atoms with Crippen molar-refractivity contribution in [3.63, 3.8) is 0 Å². The molecule has 0 saturated heterocycles. The molecule has 37 heavy (non-hydrogen) atoms. The molecule has 14 heteroatoms.